The molecule has 1 heterocycles. The molecular weight excluding hydrogens is 266 g/mol. The number of hydrogen-bond donors (Lipinski definition) is 3. The van der Waals surface area contributed by atoms with Crippen LogP contribution in [0.2, 0.25) is 0 Å². The van der Waals surface area contributed by atoms with Crippen molar-refractivity contribution < 1.29 is 9.90 Å². The molecule has 0 saturated heterocycles. The van der Waals surface area contributed by atoms with E-state index in [2.05, 4.69) is 15.6 Å². The fourth-order valence-electron chi connectivity index (χ4n) is 2.24. The smallest absolute Gasteiger partial charge is 0.319 e. The zero-order chi connectivity index (χ0) is 15.5. The highest BCUT2D eigenvalue weighted by molar-refractivity contribution is 6.00. The monoisotopic (exact) mass is 287 g/mol. The number of hydrogen-bond acceptors (Lipinski definition) is 3. The minimum atomic E-state index is -0.466. The number of anilines is 1. The van der Waals surface area contributed by atoms with Crippen LogP contribution in [-0.2, 0) is 0 Å². The van der Waals surface area contributed by atoms with Crippen LogP contribution in [0.1, 0.15) is 25.8 Å². The van der Waals surface area contributed by atoms with Gasteiger partial charge in [0.25, 0.3) is 0 Å². The number of carbonyl (C=O) groups is 1. The summed E-state index contributed by atoms with van der Waals surface area (Å²) in [6.07, 6.45) is 2.20. The summed E-state index contributed by atoms with van der Waals surface area (Å²) in [6.45, 7) is 5.75. The quantitative estimate of drug-likeness (QED) is 0.809. The minimum Gasteiger partial charge on any atom is -0.396 e. The molecule has 0 aliphatic carbocycles. The van der Waals surface area contributed by atoms with E-state index in [1.54, 1.807) is 6.20 Å². The Kier molecular flexibility index (Phi) is 4.43. The van der Waals surface area contributed by atoms with Gasteiger partial charge in [0.05, 0.1) is 11.2 Å². The number of nitrogens with zero attached hydrogens (tertiary/aromatic N) is 1. The maximum atomic E-state index is 12.1. The molecule has 1 aromatic heterocycles. The normalized spacial score (nSPS) is 11.4. The lowest BCUT2D eigenvalue weighted by atomic mass is 10.0. The van der Waals surface area contributed by atoms with Crippen LogP contribution in [0, 0.1) is 6.92 Å². The van der Waals surface area contributed by atoms with Gasteiger partial charge < -0.3 is 15.7 Å². The molecule has 0 unspecified atom stereocenters. The first-order chi connectivity index (χ1) is 9.91. The molecule has 0 saturated carbocycles. The van der Waals surface area contributed by atoms with Gasteiger partial charge in [0.2, 0.25) is 0 Å². The standard InChI is InChI=1S/C16H21N3O2/c1-11-9-12-5-4-7-17-14(12)13(10-11)18-15(21)19-16(2,3)6-8-20/h4-5,7,9-10,20H,6,8H2,1-3H3,(H2,18,19,21). The van der Waals surface area contributed by atoms with Gasteiger partial charge in [0, 0.05) is 23.7 Å². The van der Waals surface area contributed by atoms with Crippen LogP contribution >= 0.6 is 0 Å². The number of aliphatic hydroxyl groups excluding tert-OH is 1. The van der Waals surface area contributed by atoms with E-state index in [1.807, 2.05) is 45.0 Å². The third-order valence-corrected chi connectivity index (χ3v) is 3.29. The molecule has 0 spiro atoms. The molecule has 2 amide bonds. The summed E-state index contributed by atoms with van der Waals surface area (Å²) < 4.78 is 0. The Morgan fingerprint density at radius 2 is 2.14 bits per heavy atom. The van der Waals surface area contributed by atoms with Crippen molar-refractivity contribution in [3.8, 4) is 0 Å². The summed E-state index contributed by atoms with van der Waals surface area (Å²) in [5, 5.41) is 15.7. The number of benzene rings is 1. The van der Waals surface area contributed by atoms with Crippen LogP contribution < -0.4 is 10.6 Å². The number of urea groups is 1. The number of nitrogens with one attached hydrogen (secondary N) is 2. The predicted octanol–water partition coefficient (Wildman–Crippen LogP) is 2.83. The molecule has 0 bridgehead atoms. The van der Waals surface area contributed by atoms with E-state index >= 15 is 0 Å². The second-order valence-corrected chi connectivity index (χ2v) is 5.82. The average Bonchev–Trinajstić information content (AvgIpc) is 2.37. The lowest BCUT2D eigenvalue weighted by molar-refractivity contribution is 0.218. The zero-order valence-corrected chi connectivity index (χ0v) is 12.6. The molecule has 0 aliphatic rings. The summed E-state index contributed by atoms with van der Waals surface area (Å²) in [5.74, 6) is 0. The average molecular weight is 287 g/mol. The molecule has 21 heavy (non-hydrogen) atoms. The van der Waals surface area contributed by atoms with Gasteiger partial charge in [-0.2, -0.15) is 0 Å². The summed E-state index contributed by atoms with van der Waals surface area (Å²) >= 11 is 0. The zero-order valence-electron chi connectivity index (χ0n) is 12.6. The first-order valence-electron chi connectivity index (χ1n) is 6.97. The van der Waals surface area contributed by atoms with E-state index in [4.69, 9.17) is 5.11 Å². The summed E-state index contributed by atoms with van der Waals surface area (Å²) in [4.78, 5) is 16.5. The van der Waals surface area contributed by atoms with E-state index in [0.29, 0.717) is 12.1 Å². The number of pyridine rings is 1. The van der Waals surface area contributed by atoms with Crippen LogP contribution in [0.3, 0.4) is 0 Å². The Bertz CT molecular complexity index is 653. The summed E-state index contributed by atoms with van der Waals surface area (Å²) in [5.41, 5.74) is 2.04. The Balaban J connectivity index is 2.22. The highest BCUT2D eigenvalue weighted by Crippen LogP contribution is 2.23. The molecular formula is C16H21N3O2. The minimum absolute atomic E-state index is 0.0300. The number of aryl methyl sites for hydroxylation is 1. The molecule has 0 fully saturated rings. The molecule has 2 aromatic rings. The lowest BCUT2D eigenvalue weighted by Gasteiger charge is -2.25. The van der Waals surface area contributed by atoms with Crippen LogP contribution in [-0.4, -0.2) is 28.3 Å². The Morgan fingerprint density at radius 3 is 2.86 bits per heavy atom. The highest BCUT2D eigenvalue weighted by atomic mass is 16.3. The Labute approximate surface area is 124 Å². The van der Waals surface area contributed by atoms with Crippen LogP contribution in [0.15, 0.2) is 30.5 Å². The van der Waals surface area contributed by atoms with Crippen LogP contribution in [0.5, 0.6) is 0 Å². The highest BCUT2D eigenvalue weighted by Gasteiger charge is 2.20. The molecule has 2 rings (SSSR count). The van der Waals surface area contributed by atoms with E-state index in [-0.39, 0.29) is 12.6 Å². The van der Waals surface area contributed by atoms with Crippen LogP contribution in [0.25, 0.3) is 10.9 Å². The maximum Gasteiger partial charge on any atom is 0.319 e. The predicted molar refractivity (Wildman–Crippen MR) is 84.4 cm³/mol. The first-order valence-corrected chi connectivity index (χ1v) is 6.97. The Hall–Kier alpha value is -2.14. The fourth-order valence-corrected chi connectivity index (χ4v) is 2.24. The van der Waals surface area contributed by atoms with Gasteiger partial charge in [-0.15, -0.1) is 0 Å². The second-order valence-electron chi connectivity index (χ2n) is 5.82. The van der Waals surface area contributed by atoms with Crippen molar-refractivity contribution in [1.82, 2.24) is 10.3 Å². The van der Waals surface area contributed by atoms with Gasteiger partial charge in [-0.25, -0.2) is 4.79 Å². The SMILES string of the molecule is Cc1cc(NC(=O)NC(C)(C)CCO)c2ncccc2c1. The summed E-state index contributed by atoms with van der Waals surface area (Å²) in [7, 11) is 0. The number of rotatable bonds is 4. The van der Waals surface area contributed by atoms with Crippen LogP contribution in [0.4, 0.5) is 10.5 Å². The number of aliphatic hydroxyl groups is 1. The first kappa shape index (κ1) is 15.3. The fraction of sp³-hybridized carbons (Fsp3) is 0.375. The van der Waals surface area contributed by atoms with Crippen molar-refractivity contribution in [3.63, 3.8) is 0 Å². The van der Waals surface area contributed by atoms with Crippen molar-refractivity contribution in [2.24, 2.45) is 0 Å². The number of carbonyl (C=O) groups excluding carboxylic acids is 1. The summed E-state index contributed by atoms with van der Waals surface area (Å²) in [6, 6.07) is 7.46. The van der Waals surface area contributed by atoms with Crippen molar-refractivity contribution in [2.75, 3.05) is 11.9 Å². The Morgan fingerprint density at radius 1 is 1.38 bits per heavy atom. The number of aromatic nitrogens is 1. The van der Waals surface area contributed by atoms with Gasteiger partial charge in [-0.3, -0.25) is 4.98 Å². The molecule has 0 atom stereocenters. The number of fused-ring (bicyclic) bond motifs is 1. The third-order valence-electron chi connectivity index (χ3n) is 3.29. The van der Waals surface area contributed by atoms with Gasteiger partial charge in [0.15, 0.2) is 0 Å². The molecule has 112 valence electrons. The molecule has 0 radical (unpaired) electrons. The van der Waals surface area contributed by atoms with Gasteiger partial charge in [-0.1, -0.05) is 6.07 Å². The van der Waals surface area contributed by atoms with E-state index in [0.717, 1.165) is 16.5 Å². The van der Waals surface area contributed by atoms with E-state index < -0.39 is 5.54 Å². The van der Waals surface area contributed by atoms with E-state index in [1.165, 1.54) is 0 Å². The van der Waals surface area contributed by atoms with Gasteiger partial charge in [0.1, 0.15) is 0 Å². The molecule has 5 heteroatoms. The topological polar surface area (TPSA) is 74.2 Å². The largest absolute Gasteiger partial charge is 0.396 e. The van der Waals surface area contributed by atoms with Crippen molar-refractivity contribution >= 4 is 22.6 Å². The molecule has 3 N–H and O–H groups in total. The van der Waals surface area contributed by atoms with Gasteiger partial charge >= 0.3 is 6.03 Å². The maximum absolute atomic E-state index is 12.1. The molecule has 0 aliphatic heterocycles. The number of amides is 2. The van der Waals surface area contributed by atoms with E-state index in [9.17, 15) is 4.79 Å². The molecule has 5 nitrogen and oxygen atoms in total. The molecule has 1 aromatic carbocycles. The van der Waals surface area contributed by atoms with Crippen molar-refractivity contribution in [1.29, 1.82) is 0 Å². The second kappa shape index (κ2) is 6.10. The third kappa shape index (κ3) is 3.92. The van der Waals surface area contributed by atoms with Crippen molar-refractivity contribution in [3.05, 3.63) is 36.0 Å². The lowest BCUT2D eigenvalue weighted by Crippen LogP contribution is -2.46. The van der Waals surface area contributed by atoms with Crippen molar-refractivity contribution in [2.45, 2.75) is 32.7 Å². The van der Waals surface area contributed by atoms with Gasteiger partial charge in [-0.05, 0) is 51.0 Å².